The Labute approximate surface area is 122 Å². The predicted molar refractivity (Wildman–Crippen MR) is 77.4 cm³/mol. The van der Waals surface area contributed by atoms with Crippen LogP contribution in [-0.4, -0.2) is 29.4 Å². The van der Waals surface area contributed by atoms with Crippen LogP contribution in [0.2, 0.25) is 0 Å². The maximum absolute atomic E-state index is 11.9. The van der Waals surface area contributed by atoms with Crippen molar-refractivity contribution < 1.29 is 9.59 Å². The average Bonchev–Trinajstić information content (AvgIpc) is 2.73. The van der Waals surface area contributed by atoms with Crippen molar-refractivity contribution in [2.75, 3.05) is 6.54 Å². The molecule has 0 aliphatic heterocycles. The molecule has 0 aliphatic carbocycles. The number of primary amides is 1. The van der Waals surface area contributed by atoms with Gasteiger partial charge in [-0.1, -0.05) is 13.8 Å². The predicted octanol–water partition coefficient (Wildman–Crippen LogP) is 0.306. The molecule has 1 unspecified atom stereocenters. The fourth-order valence-electron chi connectivity index (χ4n) is 1.43. The van der Waals surface area contributed by atoms with Gasteiger partial charge in [-0.25, -0.2) is 4.98 Å². The Balaban J connectivity index is 0.00000324. The Morgan fingerprint density at radius 2 is 2.11 bits per heavy atom. The van der Waals surface area contributed by atoms with E-state index in [0.29, 0.717) is 18.7 Å². The zero-order chi connectivity index (χ0) is 13.7. The van der Waals surface area contributed by atoms with Gasteiger partial charge in [0.25, 0.3) is 5.91 Å². The number of nitrogens with zero attached hydrogens (tertiary/aromatic N) is 1. The second-order valence-corrected chi connectivity index (χ2v) is 5.21. The molecule has 0 spiro atoms. The highest BCUT2D eigenvalue weighted by Crippen LogP contribution is 2.11. The highest BCUT2D eigenvalue weighted by atomic mass is 35.5. The van der Waals surface area contributed by atoms with E-state index < -0.39 is 11.9 Å². The number of rotatable bonds is 6. The van der Waals surface area contributed by atoms with Crippen LogP contribution in [0.3, 0.4) is 0 Å². The summed E-state index contributed by atoms with van der Waals surface area (Å²) in [4.78, 5) is 27.2. The van der Waals surface area contributed by atoms with E-state index in [1.54, 1.807) is 5.38 Å². The standard InChI is InChI=1S/C11H18N4O2S.ClH/c1-6(2)9(10(13)16)15-11(17)7-5-18-8(14-7)3-4-12;/h5-6,9H,3-4,12H2,1-2H3,(H2,13,16)(H,15,17);1H. The van der Waals surface area contributed by atoms with Gasteiger partial charge in [0.2, 0.25) is 5.91 Å². The Morgan fingerprint density at radius 1 is 1.47 bits per heavy atom. The number of hydrogen-bond donors (Lipinski definition) is 3. The molecule has 108 valence electrons. The van der Waals surface area contributed by atoms with Crippen LogP contribution >= 0.6 is 23.7 Å². The fourth-order valence-corrected chi connectivity index (χ4v) is 2.23. The third-order valence-electron chi connectivity index (χ3n) is 2.40. The summed E-state index contributed by atoms with van der Waals surface area (Å²) < 4.78 is 0. The normalized spacial score (nSPS) is 11.8. The Hall–Kier alpha value is -1.18. The molecule has 6 nitrogen and oxygen atoms in total. The second kappa shape index (κ2) is 8.08. The lowest BCUT2D eigenvalue weighted by molar-refractivity contribution is -0.120. The van der Waals surface area contributed by atoms with Crippen LogP contribution in [0.4, 0.5) is 0 Å². The molecule has 0 aromatic carbocycles. The quantitative estimate of drug-likeness (QED) is 0.702. The summed E-state index contributed by atoms with van der Waals surface area (Å²) in [6, 6.07) is -0.683. The highest BCUT2D eigenvalue weighted by molar-refractivity contribution is 7.09. The summed E-state index contributed by atoms with van der Waals surface area (Å²) in [6.07, 6.45) is 0.640. The summed E-state index contributed by atoms with van der Waals surface area (Å²) in [6.45, 7) is 4.12. The van der Waals surface area contributed by atoms with E-state index in [9.17, 15) is 9.59 Å². The van der Waals surface area contributed by atoms with Gasteiger partial charge in [0.05, 0.1) is 5.01 Å². The molecule has 1 heterocycles. The van der Waals surface area contributed by atoms with Crippen LogP contribution in [0, 0.1) is 5.92 Å². The van der Waals surface area contributed by atoms with E-state index >= 15 is 0 Å². The van der Waals surface area contributed by atoms with Crippen LogP contribution in [0.1, 0.15) is 29.3 Å². The van der Waals surface area contributed by atoms with E-state index in [0.717, 1.165) is 5.01 Å². The molecule has 8 heteroatoms. The van der Waals surface area contributed by atoms with Crippen molar-refractivity contribution >= 4 is 35.6 Å². The molecule has 0 saturated heterocycles. The van der Waals surface area contributed by atoms with Gasteiger partial charge in [0, 0.05) is 11.8 Å². The zero-order valence-corrected chi connectivity index (χ0v) is 12.5. The minimum Gasteiger partial charge on any atom is -0.368 e. The number of thiazole rings is 1. The maximum Gasteiger partial charge on any atom is 0.271 e. The van der Waals surface area contributed by atoms with Crippen molar-refractivity contribution in [3.8, 4) is 0 Å². The van der Waals surface area contributed by atoms with Gasteiger partial charge in [-0.15, -0.1) is 23.7 Å². The van der Waals surface area contributed by atoms with Crippen LogP contribution in [0.15, 0.2) is 5.38 Å². The van der Waals surface area contributed by atoms with Gasteiger partial charge in [0.1, 0.15) is 11.7 Å². The monoisotopic (exact) mass is 306 g/mol. The van der Waals surface area contributed by atoms with E-state index in [2.05, 4.69) is 10.3 Å². The van der Waals surface area contributed by atoms with Gasteiger partial charge in [-0.3, -0.25) is 9.59 Å². The van der Waals surface area contributed by atoms with Crippen LogP contribution in [0.25, 0.3) is 0 Å². The molecule has 1 aromatic rings. The first-order valence-corrected chi connectivity index (χ1v) is 6.58. The molecule has 0 saturated carbocycles. The van der Waals surface area contributed by atoms with E-state index in [4.69, 9.17) is 11.5 Å². The Kier molecular flexibility index (Phi) is 7.58. The first kappa shape index (κ1) is 17.8. The van der Waals surface area contributed by atoms with Crippen molar-refractivity contribution in [1.82, 2.24) is 10.3 Å². The zero-order valence-electron chi connectivity index (χ0n) is 10.9. The van der Waals surface area contributed by atoms with Crippen LogP contribution in [0.5, 0.6) is 0 Å². The Morgan fingerprint density at radius 3 is 2.58 bits per heavy atom. The molecule has 0 fully saturated rings. The summed E-state index contributed by atoms with van der Waals surface area (Å²) in [5.41, 5.74) is 10.9. The van der Waals surface area contributed by atoms with Crippen molar-refractivity contribution in [2.24, 2.45) is 17.4 Å². The minimum atomic E-state index is -0.683. The molecule has 0 radical (unpaired) electrons. The molecule has 1 rings (SSSR count). The second-order valence-electron chi connectivity index (χ2n) is 4.26. The molecule has 2 amide bonds. The molecule has 5 N–H and O–H groups in total. The summed E-state index contributed by atoms with van der Waals surface area (Å²) in [5.74, 6) is -0.989. The largest absolute Gasteiger partial charge is 0.368 e. The summed E-state index contributed by atoms with van der Waals surface area (Å²) >= 11 is 1.38. The molecular weight excluding hydrogens is 288 g/mol. The van der Waals surface area contributed by atoms with Gasteiger partial charge in [-0.05, 0) is 12.5 Å². The lowest BCUT2D eigenvalue weighted by atomic mass is 10.0. The van der Waals surface area contributed by atoms with Crippen molar-refractivity contribution in [3.63, 3.8) is 0 Å². The van der Waals surface area contributed by atoms with Crippen molar-refractivity contribution in [2.45, 2.75) is 26.3 Å². The molecule has 0 bridgehead atoms. The molecular formula is C11H19ClN4O2S. The smallest absolute Gasteiger partial charge is 0.271 e. The highest BCUT2D eigenvalue weighted by Gasteiger charge is 2.23. The summed E-state index contributed by atoms with van der Waals surface area (Å²) in [7, 11) is 0. The first-order chi connectivity index (χ1) is 8.45. The molecule has 1 aromatic heterocycles. The third kappa shape index (κ3) is 5.14. The van der Waals surface area contributed by atoms with Crippen molar-refractivity contribution in [3.05, 3.63) is 16.1 Å². The average molecular weight is 307 g/mol. The molecule has 1 atom stereocenters. The SMILES string of the molecule is CC(C)C(NC(=O)c1csc(CCN)n1)C(N)=O.Cl. The number of hydrogen-bond acceptors (Lipinski definition) is 5. The minimum absolute atomic E-state index is 0. The topological polar surface area (TPSA) is 111 Å². The number of aromatic nitrogens is 1. The lowest BCUT2D eigenvalue weighted by Gasteiger charge is -2.18. The lowest BCUT2D eigenvalue weighted by Crippen LogP contribution is -2.47. The number of nitrogens with two attached hydrogens (primary N) is 2. The van der Waals surface area contributed by atoms with Crippen LogP contribution in [-0.2, 0) is 11.2 Å². The van der Waals surface area contributed by atoms with E-state index in [-0.39, 0.29) is 24.2 Å². The van der Waals surface area contributed by atoms with E-state index in [1.165, 1.54) is 11.3 Å². The number of carbonyl (C=O) groups is 2. The van der Waals surface area contributed by atoms with E-state index in [1.807, 2.05) is 13.8 Å². The third-order valence-corrected chi connectivity index (χ3v) is 3.31. The maximum atomic E-state index is 11.9. The molecule has 19 heavy (non-hydrogen) atoms. The fraction of sp³-hybridized carbons (Fsp3) is 0.545. The number of halogens is 1. The van der Waals surface area contributed by atoms with Gasteiger partial charge >= 0.3 is 0 Å². The van der Waals surface area contributed by atoms with Crippen LogP contribution < -0.4 is 16.8 Å². The Bertz CT molecular complexity index is 436. The summed E-state index contributed by atoms with van der Waals surface area (Å²) in [5, 5.41) is 5.05. The number of amides is 2. The van der Waals surface area contributed by atoms with Gasteiger partial charge in [0.15, 0.2) is 0 Å². The number of carbonyl (C=O) groups excluding carboxylic acids is 2. The van der Waals surface area contributed by atoms with Gasteiger partial charge in [-0.2, -0.15) is 0 Å². The molecule has 0 aliphatic rings. The van der Waals surface area contributed by atoms with Gasteiger partial charge < -0.3 is 16.8 Å². The first-order valence-electron chi connectivity index (χ1n) is 5.70. The number of nitrogens with one attached hydrogen (secondary N) is 1. The van der Waals surface area contributed by atoms with Crippen molar-refractivity contribution in [1.29, 1.82) is 0 Å².